The Balaban J connectivity index is 1.99. The summed E-state index contributed by atoms with van der Waals surface area (Å²) in [7, 11) is 0. The molecule has 0 saturated heterocycles. The van der Waals surface area contributed by atoms with Crippen molar-refractivity contribution >= 4 is 5.82 Å². The van der Waals surface area contributed by atoms with Gasteiger partial charge in [-0.15, -0.1) is 5.10 Å². The molecule has 1 N–H and O–H groups in total. The summed E-state index contributed by atoms with van der Waals surface area (Å²) in [6.07, 6.45) is 3.78. The number of nitrogens with one attached hydrogen (secondary N) is 1. The summed E-state index contributed by atoms with van der Waals surface area (Å²) < 4.78 is 0. The molecule has 0 atom stereocenters. The summed E-state index contributed by atoms with van der Waals surface area (Å²) in [6, 6.07) is 5.88. The lowest BCUT2D eigenvalue weighted by Gasteiger charge is -2.23. The van der Waals surface area contributed by atoms with E-state index in [9.17, 15) is 0 Å². The highest BCUT2D eigenvalue weighted by atomic mass is 15.2. The Morgan fingerprint density at radius 2 is 2.29 bits per heavy atom. The smallest absolute Gasteiger partial charge is 0.149 e. The topological polar surface area (TPSA) is 61.6 Å². The number of hydrogen-bond acceptors (Lipinski definition) is 4. The summed E-state index contributed by atoms with van der Waals surface area (Å²) >= 11 is 0. The molecule has 0 unspecified atom stereocenters. The maximum absolute atomic E-state index is 8.36. The zero-order chi connectivity index (χ0) is 9.80. The minimum Gasteiger partial charge on any atom is -0.356 e. The lowest BCUT2D eigenvalue weighted by molar-refractivity contribution is 0.408. The fourth-order valence-corrected chi connectivity index (χ4v) is 1.49. The van der Waals surface area contributed by atoms with Crippen molar-refractivity contribution < 1.29 is 0 Å². The van der Waals surface area contributed by atoms with Crippen molar-refractivity contribution in [3.05, 3.63) is 17.8 Å². The van der Waals surface area contributed by atoms with E-state index in [2.05, 4.69) is 15.5 Å². The standard InChI is InChI=1S/C10H12N4/c11-6-7-12-10-5-4-9(13-14-10)8-2-1-3-8/h4-5,8H,1-3,7H2,(H,12,14). The van der Waals surface area contributed by atoms with E-state index < -0.39 is 0 Å². The van der Waals surface area contributed by atoms with Crippen LogP contribution in [0.25, 0.3) is 0 Å². The molecule has 0 spiro atoms. The average Bonchev–Trinajstić information content (AvgIpc) is 2.14. The Bertz CT molecular complexity index is 334. The molecular formula is C10H12N4. The van der Waals surface area contributed by atoms with Crippen LogP contribution in [0, 0.1) is 11.3 Å². The van der Waals surface area contributed by atoms with Crippen LogP contribution in [0.3, 0.4) is 0 Å². The molecule has 1 saturated carbocycles. The third-order valence-electron chi connectivity index (χ3n) is 2.56. The van der Waals surface area contributed by atoms with Crippen LogP contribution in [0.5, 0.6) is 0 Å². The minimum atomic E-state index is 0.275. The fourth-order valence-electron chi connectivity index (χ4n) is 1.49. The number of anilines is 1. The van der Waals surface area contributed by atoms with Gasteiger partial charge in [0, 0.05) is 5.92 Å². The van der Waals surface area contributed by atoms with E-state index in [-0.39, 0.29) is 6.54 Å². The molecular weight excluding hydrogens is 176 g/mol. The van der Waals surface area contributed by atoms with E-state index >= 15 is 0 Å². The van der Waals surface area contributed by atoms with Crippen molar-refractivity contribution in [1.82, 2.24) is 10.2 Å². The maximum Gasteiger partial charge on any atom is 0.149 e. The van der Waals surface area contributed by atoms with Crippen LogP contribution in [0.1, 0.15) is 30.9 Å². The van der Waals surface area contributed by atoms with Crippen LogP contribution in [0.15, 0.2) is 12.1 Å². The second-order valence-corrected chi connectivity index (χ2v) is 3.48. The summed E-state index contributed by atoms with van der Waals surface area (Å²) in [5.74, 6) is 1.29. The third-order valence-corrected chi connectivity index (χ3v) is 2.56. The van der Waals surface area contributed by atoms with Crippen molar-refractivity contribution in [2.45, 2.75) is 25.2 Å². The van der Waals surface area contributed by atoms with Crippen molar-refractivity contribution in [1.29, 1.82) is 5.26 Å². The number of nitrogens with zero attached hydrogens (tertiary/aromatic N) is 3. The molecule has 1 fully saturated rings. The first-order chi connectivity index (χ1) is 6.90. The number of hydrogen-bond donors (Lipinski definition) is 1. The molecule has 4 heteroatoms. The van der Waals surface area contributed by atoms with Gasteiger partial charge in [-0.3, -0.25) is 0 Å². The molecule has 2 rings (SSSR count). The predicted molar refractivity (Wildman–Crippen MR) is 52.7 cm³/mol. The third kappa shape index (κ3) is 1.82. The highest BCUT2D eigenvalue weighted by molar-refractivity contribution is 5.34. The lowest BCUT2D eigenvalue weighted by Crippen LogP contribution is -2.12. The predicted octanol–water partition coefficient (Wildman–Crippen LogP) is 1.68. The zero-order valence-corrected chi connectivity index (χ0v) is 7.90. The average molecular weight is 188 g/mol. The minimum absolute atomic E-state index is 0.275. The Kier molecular flexibility index (Phi) is 2.59. The SMILES string of the molecule is N#CCNc1ccc(C2CCC2)nn1. The molecule has 1 aliphatic rings. The molecule has 1 aromatic heterocycles. The van der Waals surface area contributed by atoms with Crippen molar-refractivity contribution in [3.8, 4) is 6.07 Å². The molecule has 1 heterocycles. The van der Waals surface area contributed by atoms with E-state index in [1.165, 1.54) is 19.3 Å². The molecule has 0 radical (unpaired) electrons. The van der Waals surface area contributed by atoms with Gasteiger partial charge in [-0.1, -0.05) is 6.42 Å². The molecule has 0 aromatic carbocycles. The van der Waals surface area contributed by atoms with E-state index in [1.54, 1.807) is 0 Å². The van der Waals surface area contributed by atoms with Gasteiger partial charge in [-0.25, -0.2) is 0 Å². The van der Waals surface area contributed by atoms with Gasteiger partial charge in [0.25, 0.3) is 0 Å². The molecule has 0 bridgehead atoms. The fraction of sp³-hybridized carbons (Fsp3) is 0.500. The summed E-state index contributed by atoms with van der Waals surface area (Å²) in [4.78, 5) is 0. The summed E-state index contributed by atoms with van der Waals surface area (Å²) in [5, 5.41) is 19.4. The molecule has 14 heavy (non-hydrogen) atoms. The molecule has 4 nitrogen and oxygen atoms in total. The number of nitriles is 1. The second kappa shape index (κ2) is 4.05. The summed E-state index contributed by atoms with van der Waals surface area (Å²) in [5.41, 5.74) is 1.08. The van der Waals surface area contributed by atoms with Gasteiger partial charge in [0.15, 0.2) is 0 Å². The molecule has 0 aliphatic heterocycles. The Labute approximate surface area is 83.0 Å². The molecule has 0 amide bonds. The molecule has 1 aromatic rings. The molecule has 1 aliphatic carbocycles. The first-order valence-corrected chi connectivity index (χ1v) is 4.84. The van der Waals surface area contributed by atoms with Crippen LogP contribution in [0.4, 0.5) is 5.82 Å². The Morgan fingerprint density at radius 1 is 1.43 bits per heavy atom. The van der Waals surface area contributed by atoms with Gasteiger partial charge >= 0.3 is 0 Å². The molecule has 72 valence electrons. The van der Waals surface area contributed by atoms with Gasteiger partial charge in [0.2, 0.25) is 0 Å². The van der Waals surface area contributed by atoms with Crippen molar-refractivity contribution in [2.24, 2.45) is 0 Å². The number of aromatic nitrogens is 2. The van der Waals surface area contributed by atoms with Crippen LogP contribution >= 0.6 is 0 Å². The van der Waals surface area contributed by atoms with Gasteiger partial charge in [-0.2, -0.15) is 10.4 Å². The van der Waals surface area contributed by atoms with Gasteiger partial charge in [-0.05, 0) is 25.0 Å². The normalized spacial score (nSPS) is 15.6. The lowest BCUT2D eigenvalue weighted by atomic mass is 9.83. The summed E-state index contributed by atoms with van der Waals surface area (Å²) in [6.45, 7) is 0.275. The highest BCUT2D eigenvalue weighted by Gasteiger charge is 2.20. The monoisotopic (exact) mass is 188 g/mol. The van der Waals surface area contributed by atoms with Gasteiger partial charge in [0.05, 0.1) is 11.8 Å². The Morgan fingerprint density at radius 3 is 2.79 bits per heavy atom. The maximum atomic E-state index is 8.36. The van der Waals surface area contributed by atoms with Crippen molar-refractivity contribution in [3.63, 3.8) is 0 Å². The van der Waals surface area contributed by atoms with E-state index in [1.807, 2.05) is 18.2 Å². The zero-order valence-electron chi connectivity index (χ0n) is 7.90. The van der Waals surface area contributed by atoms with E-state index in [4.69, 9.17) is 5.26 Å². The first-order valence-electron chi connectivity index (χ1n) is 4.84. The van der Waals surface area contributed by atoms with Crippen molar-refractivity contribution in [2.75, 3.05) is 11.9 Å². The number of rotatable bonds is 3. The van der Waals surface area contributed by atoms with Crippen LogP contribution in [-0.4, -0.2) is 16.7 Å². The van der Waals surface area contributed by atoms with Gasteiger partial charge in [0.1, 0.15) is 12.4 Å². The largest absolute Gasteiger partial charge is 0.356 e. The highest BCUT2D eigenvalue weighted by Crippen LogP contribution is 2.34. The van der Waals surface area contributed by atoms with E-state index in [0.717, 1.165) is 5.69 Å². The van der Waals surface area contributed by atoms with Crippen LogP contribution < -0.4 is 5.32 Å². The van der Waals surface area contributed by atoms with Gasteiger partial charge < -0.3 is 5.32 Å². The Hall–Kier alpha value is -1.63. The second-order valence-electron chi connectivity index (χ2n) is 3.48. The van der Waals surface area contributed by atoms with Crippen LogP contribution in [0.2, 0.25) is 0 Å². The quantitative estimate of drug-likeness (QED) is 0.733. The van der Waals surface area contributed by atoms with Crippen LogP contribution in [-0.2, 0) is 0 Å². The first kappa shape index (κ1) is 8.95. The van der Waals surface area contributed by atoms with E-state index in [0.29, 0.717) is 11.7 Å².